The number of nitrogens with one attached hydrogen (secondary N) is 1. The summed E-state index contributed by atoms with van der Waals surface area (Å²) in [5.41, 5.74) is 8.38. The van der Waals surface area contributed by atoms with Crippen LogP contribution in [0.15, 0.2) is 140 Å². The van der Waals surface area contributed by atoms with Crippen molar-refractivity contribution in [3.8, 4) is 34.1 Å². The summed E-state index contributed by atoms with van der Waals surface area (Å²) in [5.74, 6) is 0. The van der Waals surface area contributed by atoms with Gasteiger partial charge in [0.15, 0.2) is 0 Å². The fraction of sp³-hybridized carbons (Fsp3) is 0.0263. The van der Waals surface area contributed by atoms with Gasteiger partial charge in [-0.1, -0.05) is 66.7 Å². The average molecular weight is 552 g/mol. The zero-order chi connectivity index (χ0) is 28.8. The summed E-state index contributed by atoms with van der Waals surface area (Å²) < 4.78 is 2.21. The van der Waals surface area contributed by atoms with E-state index in [9.17, 15) is 5.26 Å². The molecule has 5 nitrogen and oxygen atoms in total. The molecular weight excluding hydrogens is 526 g/mol. The highest BCUT2D eigenvalue weighted by atomic mass is 15.0. The number of dihydropyridines is 1. The van der Waals surface area contributed by atoms with Crippen LogP contribution >= 0.6 is 0 Å². The lowest BCUT2D eigenvalue weighted by Gasteiger charge is -2.18. The second kappa shape index (κ2) is 10.1. The normalized spacial score (nSPS) is 14.3. The van der Waals surface area contributed by atoms with E-state index in [1.807, 2.05) is 61.1 Å². The van der Waals surface area contributed by atoms with Crippen molar-refractivity contribution in [1.82, 2.24) is 19.9 Å². The highest BCUT2D eigenvalue weighted by molar-refractivity contribution is 6.08. The number of nitriles is 1. The van der Waals surface area contributed by atoms with E-state index in [4.69, 9.17) is 4.98 Å². The van der Waals surface area contributed by atoms with Gasteiger partial charge in [-0.15, -0.1) is 0 Å². The molecule has 0 amide bonds. The standard InChI is InChI=1S/C38H25N5/c39-23-25-17-30(20-31(18-25)43-37-11-4-3-9-32(37)33-24-40-16-14-38(33)43)35-21-29(22-36(42-35)34-10-5-6-15-41-34)28-13-12-26-7-1-2-8-27(26)19-28/h1-22,24,34,41H. The van der Waals surface area contributed by atoms with Gasteiger partial charge >= 0.3 is 0 Å². The molecule has 1 N–H and O–H groups in total. The SMILES string of the molecule is N#Cc1cc(-c2cc(-c3ccc4ccccc4c3)cc(C3C=CC=CN3)n2)cc(-n2c3ccccc3c3cnccc32)c1. The van der Waals surface area contributed by atoms with Crippen LogP contribution in [0.3, 0.4) is 0 Å². The highest BCUT2D eigenvalue weighted by Gasteiger charge is 2.17. The summed E-state index contributed by atoms with van der Waals surface area (Å²) in [4.78, 5) is 9.55. The molecule has 0 saturated heterocycles. The molecule has 1 aliphatic heterocycles. The Morgan fingerprint density at radius 3 is 2.47 bits per heavy atom. The Hall–Kier alpha value is -5.99. The van der Waals surface area contributed by atoms with Crippen molar-refractivity contribution in [1.29, 1.82) is 5.26 Å². The number of rotatable bonds is 4. The summed E-state index contributed by atoms with van der Waals surface area (Å²) in [7, 11) is 0. The van der Waals surface area contributed by atoms with Crippen LogP contribution in [0.5, 0.6) is 0 Å². The van der Waals surface area contributed by atoms with Crippen LogP contribution in [0.2, 0.25) is 0 Å². The quantitative estimate of drug-likeness (QED) is 0.238. The van der Waals surface area contributed by atoms with E-state index in [2.05, 4.69) is 99.8 Å². The summed E-state index contributed by atoms with van der Waals surface area (Å²) >= 11 is 0. The molecule has 0 saturated carbocycles. The van der Waals surface area contributed by atoms with Crippen LogP contribution in [0.1, 0.15) is 17.3 Å². The molecule has 1 unspecified atom stereocenters. The predicted molar refractivity (Wildman–Crippen MR) is 174 cm³/mol. The number of allylic oxidation sites excluding steroid dienone is 2. The van der Waals surface area contributed by atoms with Crippen LogP contribution in [0, 0.1) is 11.3 Å². The number of hydrogen-bond donors (Lipinski definition) is 1. The lowest BCUT2D eigenvalue weighted by Crippen LogP contribution is -2.16. The fourth-order valence-electron chi connectivity index (χ4n) is 6.07. The molecule has 7 aromatic rings. The van der Waals surface area contributed by atoms with Gasteiger partial charge in [-0.3, -0.25) is 9.97 Å². The minimum atomic E-state index is -0.0624. The minimum absolute atomic E-state index is 0.0624. The van der Waals surface area contributed by atoms with Crippen molar-refractivity contribution < 1.29 is 0 Å². The Morgan fingerprint density at radius 2 is 1.58 bits per heavy atom. The Bertz CT molecular complexity index is 2250. The van der Waals surface area contributed by atoms with E-state index in [0.717, 1.165) is 55.6 Å². The lowest BCUT2D eigenvalue weighted by molar-refractivity contribution is 0.722. The summed E-state index contributed by atoms with van der Waals surface area (Å²) in [6.45, 7) is 0. The molecule has 0 fully saturated rings. The van der Waals surface area contributed by atoms with Crippen molar-refractivity contribution in [3.63, 3.8) is 0 Å². The molecule has 4 aromatic carbocycles. The first-order valence-electron chi connectivity index (χ1n) is 14.2. The van der Waals surface area contributed by atoms with E-state index in [0.29, 0.717) is 5.56 Å². The number of benzene rings is 4. The molecule has 1 atom stereocenters. The number of aromatic nitrogens is 3. The third kappa shape index (κ3) is 4.34. The Kier molecular flexibility index (Phi) is 5.84. The largest absolute Gasteiger partial charge is 0.379 e. The third-order valence-corrected chi connectivity index (χ3v) is 8.11. The van der Waals surface area contributed by atoms with Gasteiger partial charge in [0.05, 0.1) is 40.1 Å². The maximum absolute atomic E-state index is 10.1. The Labute approximate surface area is 248 Å². The first-order chi connectivity index (χ1) is 21.2. The van der Waals surface area contributed by atoms with Crippen molar-refractivity contribution in [3.05, 3.63) is 151 Å². The molecule has 8 rings (SSSR count). The van der Waals surface area contributed by atoms with Crippen molar-refractivity contribution in [2.24, 2.45) is 0 Å². The van der Waals surface area contributed by atoms with E-state index in [-0.39, 0.29) is 6.04 Å². The summed E-state index contributed by atoms with van der Waals surface area (Å²) in [6, 6.07) is 37.9. The third-order valence-electron chi connectivity index (χ3n) is 8.11. The maximum Gasteiger partial charge on any atom is 0.0992 e. The Morgan fingerprint density at radius 1 is 0.721 bits per heavy atom. The topological polar surface area (TPSA) is 66.5 Å². The maximum atomic E-state index is 10.1. The fourth-order valence-corrected chi connectivity index (χ4v) is 6.07. The zero-order valence-electron chi connectivity index (χ0n) is 23.1. The number of nitrogens with zero attached hydrogens (tertiary/aromatic N) is 4. The zero-order valence-corrected chi connectivity index (χ0v) is 23.1. The highest BCUT2D eigenvalue weighted by Crippen LogP contribution is 2.35. The molecule has 3 aromatic heterocycles. The predicted octanol–water partition coefficient (Wildman–Crippen LogP) is 8.65. The number of para-hydroxylation sites is 1. The Balaban J connectivity index is 1.35. The van der Waals surface area contributed by atoms with Gasteiger partial charge in [-0.25, -0.2) is 0 Å². The monoisotopic (exact) mass is 551 g/mol. The van der Waals surface area contributed by atoms with Crippen molar-refractivity contribution >= 4 is 32.6 Å². The minimum Gasteiger partial charge on any atom is -0.379 e. The van der Waals surface area contributed by atoms with E-state index < -0.39 is 0 Å². The molecule has 5 heteroatoms. The number of hydrogen-bond acceptors (Lipinski definition) is 4. The molecule has 1 aliphatic rings. The molecule has 4 heterocycles. The van der Waals surface area contributed by atoms with Crippen LogP contribution in [0.4, 0.5) is 0 Å². The number of fused-ring (bicyclic) bond motifs is 4. The summed E-state index contributed by atoms with van der Waals surface area (Å²) in [5, 5.41) is 18.1. The molecule has 0 aliphatic carbocycles. The van der Waals surface area contributed by atoms with Gasteiger partial charge in [-0.2, -0.15) is 5.26 Å². The van der Waals surface area contributed by atoms with E-state index in [1.54, 1.807) is 0 Å². The van der Waals surface area contributed by atoms with Crippen molar-refractivity contribution in [2.45, 2.75) is 6.04 Å². The molecular formula is C38H25N5. The average Bonchev–Trinajstić information content (AvgIpc) is 3.42. The lowest BCUT2D eigenvalue weighted by atomic mass is 9.97. The van der Waals surface area contributed by atoms with Crippen molar-refractivity contribution in [2.75, 3.05) is 0 Å². The van der Waals surface area contributed by atoms with E-state index in [1.165, 1.54) is 10.8 Å². The molecule has 202 valence electrons. The van der Waals surface area contributed by atoms with Crippen LogP contribution in [-0.4, -0.2) is 14.5 Å². The molecule has 0 spiro atoms. The molecule has 0 bridgehead atoms. The van der Waals surface area contributed by atoms with Gasteiger partial charge < -0.3 is 9.88 Å². The number of pyridine rings is 2. The van der Waals surface area contributed by atoms with Gasteiger partial charge in [0.25, 0.3) is 0 Å². The molecule has 0 radical (unpaired) electrons. The smallest absolute Gasteiger partial charge is 0.0992 e. The van der Waals surface area contributed by atoms with Gasteiger partial charge in [-0.05, 0) is 82.7 Å². The van der Waals surface area contributed by atoms with Crippen LogP contribution in [0.25, 0.3) is 60.6 Å². The molecule has 43 heavy (non-hydrogen) atoms. The van der Waals surface area contributed by atoms with Gasteiger partial charge in [0.2, 0.25) is 0 Å². The summed E-state index contributed by atoms with van der Waals surface area (Å²) in [6.07, 6.45) is 11.8. The first kappa shape index (κ1) is 24.8. The van der Waals surface area contributed by atoms with E-state index >= 15 is 0 Å². The first-order valence-corrected chi connectivity index (χ1v) is 14.2. The second-order valence-electron chi connectivity index (χ2n) is 10.7. The van der Waals surface area contributed by atoms with Crippen LogP contribution < -0.4 is 5.32 Å². The van der Waals surface area contributed by atoms with Crippen LogP contribution in [-0.2, 0) is 0 Å². The van der Waals surface area contributed by atoms with Gasteiger partial charge in [0, 0.05) is 34.4 Å². The second-order valence-corrected chi connectivity index (χ2v) is 10.7. The van der Waals surface area contributed by atoms with Gasteiger partial charge in [0.1, 0.15) is 0 Å².